The first-order chi connectivity index (χ1) is 15.8. The summed E-state index contributed by atoms with van der Waals surface area (Å²) in [6.07, 6.45) is 1.94. The molecule has 3 rings (SSSR count). The molecule has 0 fully saturated rings. The van der Waals surface area contributed by atoms with Crippen LogP contribution in [0.15, 0.2) is 18.2 Å². The van der Waals surface area contributed by atoms with E-state index in [0.717, 1.165) is 29.9 Å². The number of benzene rings is 1. The van der Waals surface area contributed by atoms with Crippen molar-refractivity contribution in [1.82, 2.24) is 15.0 Å². The lowest BCUT2D eigenvalue weighted by molar-refractivity contribution is 0.0547. The molecule has 1 aliphatic rings. The van der Waals surface area contributed by atoms with Gasteiger partial charge in [0.15, 0.2) is 11.5 Å². The lowest BCUT2D eigenvalue weighted by Gasteiger charge is -2.12. The number of unbranched alkanes of at least 4 members (excludes halogenated alkanes) is 1. The summed E-state index contributed by atoms with van der Waals surface area (Å²) in [6.45, 7) is 6.42. The molecule has 2 aromatic rings. The molecular formula is C21H32N6O5. The highest BCUT2D eigenvalue weighted by Gasteiger charge is 2.17. The normalized spacial score (nSPS) is 12.1. The number of para-hydroxylation sites is 1. The molecule has 176 valence electrons. The molecule has 4 N–H and O–H groups in total. The van der Waals surface area contributed by atoms with Crippen LogP contribution in [0.25, 0.3) is 0 Å². The monoisotopic (exact) mass is 448 g/mol. The Morgan fingerprint density at radius 3 is 2.59 bits per heavy atom. The molecule has 0 bridgehead atoms. The Kier molecular flexibility index (Phi) is 10.0. The van der Waals surface area contributed by atoms with Crippen molar-refractivity contribution in [2.45, 2.75) is 26.3 Å². The number of nitrogens with zero attached hydrogens (tertiary/aromatic N) is 3. The second-order valence-corrected chi connectivity index (χ2v) is 6.91. The van der Waals surface area contributed by atoms with Gasteiger partial charge < -0.3 is 40.1 Å². The third kappa shape index (κ3) is 7.66. The molecule has 0 atom stereocenters. The van der Waals surface area contributed by atoms with Crippen molar-refractivity contribution in [2.24, 2.45) is 5.73 Å². The average molecular weight is 449 g/mol. The van der Waals surface area contributed by atoms with E-state index in [-0.39, 0.29) is 12.8 Å². The fraction of sp³-hybridized carbons (Fsp3) is 0.571. The van der Waals surface area contributed by atoms with Gasteiger partial charge in [-0.25, -0.2) is 0 Å². The van der Waals surface area contributed by atoms with Crippen LogP contribution in [-0.2, 0) is 16.0 Å². The number of fused-ring (bicyclic) bond motifs is 1. The van der Waals surface area contributed by atoms with Crippen LogP contribution in [-0.4, -0.2) is 67.9 Å². The topological polar surface area (TPSA) is 135 Å². The minimum Gasteiger partial charge on any atom is -0.463 e. The van der Waals surface area contributed by atoms with E-state index in [0.29, 0.717) is 64.6 Å². The van der Waals surface area contributed by atoms with Gasteiger partial charge >= 0.3 is 6.01 Å². The van der Waals surface area contributed by atoms with Crippen molar-refractivity contribution in [3.8, 4) is 17.5 Å². The Morgan fingerprint density at radius 2 is 1.78 bits per heavy atom. The van der Waals surface area contributed by atoms with Crippen molar-refractivity contribution >= 4 is 11.9 Å². The SMILES string of the molecule is CCCCOc1nc(NCCOCCOCCN)nc(NCc2cccc3c2OCO3)n1. The summed E-state index contributed by atoms with van der Waals surface area (Å²) in [6, 6.07) is 6.04. The average Bonchev–Trinajstić information content (AvgIpc) is 3.29. The van der Waals surface area contributed by atoms with Crippen molar-refractivity contribution < 1.29 is 23.7 Å². The number of nitrogens with one attached hydrogen (secondary N) is 2. The van der Waals surface area contributed by atoms with Crippen LogP contribution in [0.3, 0.4) is 0 Å². The number of ether oxygens (including phenoxy) is 5. The first kappa shape index (κ1) is 23.8. The Labute approximate surface area is 188 Å². The fourth-order valence-corrected chi connectivity index (χ4v) is 2.83. The quantitative estimate of drug-likeness (QED) is 0.324. The summed E-state index contributed by atoms with van der Waals surface area (Å²) < 4.78 is 27.5. The van der Waals surface area contributed by atoms with E-state index in [1.807, 2.05) is 18.2 Å². The highest BCUT2D eigenvalue weighted by atomic mass is 16.7. The molecule has 0 unspecified atom stereocenters. The summed E-state index contributed by atoms with van der Waals surface area (Å²) in [5.41, 5.74) is 6.33. The molecule has 2 heterocycles. The van der Waals surface area contributed by atoms with Gasteiger partial charge in [-0.15, -0.1) is 0 Å². The molecular weight excluding hydrogens is 416 g/mol. The maximum Gasteiger partial charge on any atom is 0.323 e. The first-order valence-electron chi connectivity index (χ1n) is 10.9. The Bertz CT molecular complexity index is 825. The second kappa shape index (κ2) is 13.5. The van der Waals surface area contributed by atoms with Crippen LogP contribution in [0.4, 0.5) is 11.9 Å². The predicted molar refractivity (Wildman–Crippen MR) is 119 cm³/mol. The molecule has 1 aromatic heterocycles. The van der Waals surface area contributed by atoms with Crippen molar-refractivity contribution in [3.63, 3.8) is 0 Å². The van der Waals surface area contributed by atoms with Crippen molar-refractivity contribution in [3.05, 3.63) is 23.8 Å². The molecule has 32 heavy (non-hydrogen) atoms. The van der Waals surface area contributed by atoms with Gasteiger partial charge in [0.25, 0.3) is 0 Å². The Morgan fingerprint density at radius 1 is 0.969 bits per heavy atom. The van der Waals surface area contributed by atoms with Gasteiger partial charge in [0, 0.05) is 25.2 Å². The molecule has 0 saturated carbocycles. The van der Waals surface area contributed by atoms with Crippen LogP contribution in [0.5, 0.6) is 17.5 Å². The molecule has 11 nitrogen and oxygen atoms in total. The van der Waals surface area contributed by atoms with Gasteiger partial charge in [0.05, 0.1) is 33.0 Å². The largest absolute Gasteiger partial charge is 0.463 e. The van der Waals surface area contributed by atoms with E-state index in [1.165, 1.54) is 0 Å². The number of anilines is 2. The molecule has 0 radical (unpaired) electrons. The molecule has 0 aliphatic carbocycles. The van der Waals surface area contributed by atoms with Gasteiger partial charge in [-0.3, -0.25) is 0 Å². The summed E-state index contributed by atoms with van der Waals surface area (Å²) in [7, 11) is 0. The molecule has 1 aliphatic heterocycles. The maximum absolute atomic E-state index is 5.69. The predicted octanol–water partition coefficient (Wildman–Crippen LogP) is 1.80. The Hall–Kier alpha value is -2.89. The lowest BCUT2D eigenvalue weighted by atomic mass is 10.2. The highest BCUT2D eigenvalue weighted by molar-refractivity contribution is 5.49. The number of nitrogens with two attached hydrogens (primary N) is 1. The highest BCUT2D eigenvalue weighted by Crippen LogP contribution is 2.35. The van der Waals surface area contributed by atoms with Gasteiger partial charge in [0.2, 0.25) is 18.7 Å². The van der Waals surface area contributed by atoms with Gasteiger partial charge in [-0.05, 0) is 12.5 Å². The summed E-state index contributed by atoms with van der Waals surface area (Å²) in [5.74, 6) is 2.29. The van der Waals surface area contributed by atoms with E-state index < -0.39 is 0 Å². The van der Waals surface area contributed by atoms with Crippen molar-refractivity contribution in [1.29, 1.82) is 0 Å². The zero-order chi connectivity index (χ0) is 22.4. The van der Waals surface area contributed by atoms with E-state index in [1.54, 1.807) is 0 Å². The Balaban J connectivity index is 1.54. The third-order valence-corrected chi connectivity index (χ3v) is 4.42. The fourth-order valence-electron chi connectivity index (χ4n) is 2.83. The van der Waals surface area contributed by atoms with E-state index >= 15 is 0 Å². The third-order valence-electron chi connectivity index (χ3n) is 4.42. The first-order valence-corrected chi connectivity index (χ1v) is 10.9. The van der Waals surface area contributed by atoms with Crippen LogP contribution in [0.2, 0.25) is 0 Å². The summed E-state index contributed by atoms with van der Waals surface area (Å²) in [4.78, 5) is 13.2. The van der Waals surface area contributed by atoms with Gasteiger partial charge in [-0.1, -0.05) is 25.5 Å². The molecule has 0 amide bonds. The van der Waals surface area contributed by atoms with Gasteiger partial charge in [0.1, 0.15) is 0 Å². The van der Waals surface area contributed by atoms with E-state index in [2.05, 4.69) is 32.5 Å². The van der Waals surface area contributed by atoms with Gasteiger partial charge in [-0.2, -0.15) is 15.0 Å². The van der Waals surface area contributed by atoms with Crippen molar-refractivity contribution in [2.75, 3.05) is 63.6 Å². The molecule has 11 heteroatoms. The minimum absolute atomic E-state index is 0.225. The number of hydrogen-bond acceptors (Lipinski definition) is 11. The van der Waals surface area contributed by atoms with Crippen LogP contribution in [0, 0.1) is 0 Å². The standard InChI is InChI=1S/C21H32N6O5/c1-2-3-9-30-21-26-19(23-8-11-29-13-12-28-10-7-22)25-20(27-21)24-14-16-5-4-6-17-18(16)32-15-31-17/h4-6H,2-3,7-15,22H2,1H3,(H2,23,24,25,26,27). The zero-order valence-electron chi connectivity index (χ0n) is 18.5. The lowest BCUT2D eigenvalue weighted by Crippen LogP contribution is -2.17. The zero-order valence-corrected chi connectivity index (χ0v) is 18.5. The number of hydrogen-bond donors (Lipinski definition) is 3. The number of aromatic nitrogens is 3. The van der Waals surface area contributed by atoms with E-state index in [9.17, 15) is 0 Å². The maximum atomic E-state index is 5.69. The molecule has 1 aromatic carbocycles. The van der Waals surface area contributed by atoms with E-state index in [4.69, 9.17) is 29.4 Å². The number of rotatable bonds is 16. The molecule has 0 spiro atoms. The van der Waals surface area contributed by atoms with Crippen LogP contribution < -0.4 is 30.6 Å². The van der Waals surface area contributed by atoms with Crippen LogP contribution >= 0.6 is 0 Å². The second-order valence-electron chi connectivity index (χ2n) is 6.91. The smallest absolute Gasteiger partial charge is 0.323 e. The molecule has 0 saturated heterocycles. The minimum atomic E-state index is 0.225. The summed E-state index contributed by atoms with van der Waals surface area (Å²) >= 11 is 0. The van der Waals surface area contributed by atoms with Crippen LogP contribution in [0.1, 0.15) is 25.3 Å². The summed E-state index contributed by atoms with van der Waals surface area (Å²) in [5, 5.41) is 6.36.